The molecule has 0 amide bonds. The zero-order valence-corrected chi connectivity index (χ0v) is 11.6. The van der Waals surface area contributed by atoms with E-state index in [1.165, 1.54) is 6.42 Å². The first-order chi connectivity index (χ1) is 9.20. The average Bonchev–Trinajstić information content (AvgIpc) is 2.77. The molecule has 0 spiro atoms. The minimum absolute atomic E-state index is 0.0345. The van der Waals surface area contributed by atoms with Gasteiger partial charge in [0.15, 0.2) is 0 Å². The Hall–Kier alpha value is -1.55. The van der Waals surface area contributed by atoms with Crippen molar-refractivity contribution in [3.8, 4) is 0 Å². The van der Waals surface area contributed by atoms with E-state index in [9.17, 15) is 4.79 Å². The van der Waals surface area contributed by atoms with Crippen LogP contribution in [-0.4, -0.2) is 34.1 Å². The predicted molar refractivity (Wildman–Crippen MR) is 77.7 cm³/mol. The number of fused-ring (bicyclic) bond motifs is 1. The highest BCUT2D eigenvalue weighted by atomic mass is 16.1. The van der Waals surface area contributed by atoms with E-state index < -0.39 is 0 Å². The molecule has 2 aromatic rings. The quantitative estimate of drug-likeness (QED) is 0.899. The lowest BCUT2D eigenvalue weighted by Crippen LogP contribution is -2.38. The molecule has 1 aromatic heterocycles. The number of imidazole rings is 1. The Morgan fingerprint density at radius 2 is 2.26 bits per heavy atom. The van der Waals surface area contributed by atoms with Crippen molar-refractivity contribution in [3.63, 3.8) is 0 Å². The molecule has 1 saturated heterocycles. The molecule has 0 aliphatic carbocycles. The third-order valence-corrected chi connectivity index (χ3v) is 4.25. The molecule has 1 atom stereocenters. The molecule has 4 heteroatoms. The average molecular weight is 259 g/mol. The summed E-state index contributed by atoms with van der Waals surface area (Å²) in [5, 5.41) is 0. The zero-order chi connectivity index (χ0) is 13.4. The number of para-hydroxylation sites is 1. The highest BCUT2D eigenvalue weighted by Crippen LogP contribution is 2.24. The summed E-state index contributed by atoms with van der Waals surface area (Å²) in [6, 6.07) is 6.42. The third-order valence-electron chi connectivity index (χ3n) is 4.25. The lowest BCUT2D eigenvalue weighted by Gasteiger charge is -2.32. The molecule has 0 saturated carbocycles. The van der Waals surface area contributed by atoms with Crippen LogP contribution in [0.1, 0.15) is 31.4 Å². The number of nitrogens with one attached hydrogen (secondary N) is 1. The van der Waals surface area contributed by atoms with E-state index in [1.54, 1.807) is 0 Å². The van der Waals surface area contributed by atoms with Crippen molar-refractivity contribution in [2.24, 2.45) is 0 Å². The van der Waals surface area contributed by atoms with Crippen LogP contribution in [-0.2, 0) is 0 Å². The molecule has 0 radical (unpaired) electrons. The lowest BCUT2D eigenvalue weighted by molar-refractivity contribution is 0.185. The minimum Gasteiger partial charge on any atom is -0.305 e. The van der Waals surface area contributed by atoms with Gasteiger partial charge in [0.1, 0.15) is 0 Å². The minimum atomic E-state index is 0.0345. The van der Waals surface area contributed by atoms with Gasteiger partial charge in [0.05, 0.1) is 17.1 Å². The molecule has 0 bridgehead atoms. The fourth-order valence-corrected chi connectivity index (χ4v) is 3.18. The van der Waals surface area contributed by atoms with Crippen LogP contribution in [0.5, 0.6) is 0 Å². The second kappa shape index (κ2) is 4.85. The van der Waals surface area contributed by atoms with Crippen LogP contribution in [0.25, 0.3) is 11.0 Å². The zero-order valence-electron chi connectivity index (χ0n) is 11.6. The molecule has 1 aliphatic rings. The Morgan fingerprint density at radius 1 is 1.42 bits per heavy atom. The Kier molecular flexibility index (Phi) is 3.19. The third kappa shape index (κ3) is 2.10. The van der Waals surface area contributed by atoms with E-state index in [4.69, 9.17) is 0 Å². The number of likely N-dealkylation sites (tertiary alicyclic amines) is 1. The molecule has 1 fully saturated rings. The summed E-state index contributed by atoms with van der Waals surface area (Å²) in [6.07, 6.45) is 2.26. The maximum absolute atomic E-state index is 12.3. The molecule has 1 aliphatic heterocycles. The molecule has 19 heavy (non-hydrogen) atoms. The van der Waals surface area contributed by atoms with Gasteiger partial charge in [-0.25, -0.2) is 4.79 Å². The summed E-state index contributed by atoms with van der Waals surface area (Å²) in [6.45, 7) is 7.43. The summed E-state index contributed by atoms with van der Waals surface area (Å²) in [5.41, 5.74) is 3.21. The van der Waals surface area contributed by atoms with Crippen molar-refractivity contribution in [1.82, 2.24) is 14.5 Å². The summed E-state index contributed by atoms with van der Waals surface area (Å²) in [5.74, 6) is 0. The van der Waals surface area contributed by atoms with E-state index in [0.29, 0.717) is 6.04 Å². The van der Waals surface area contributed by atoms with Crippen molar-refractivity contribution in [2.75, 3.05) is 19.6 Å². The van der Waals surface area contributed by atoms with Crippen LogP contribution in [0.3, 0.4) is 0 Å². The van der Waals surface area contributed by atoms with E-state index in [-0.39, 0.29) is 5.69 Å². The van der Waals surface area contributed by atoms with Crippen LogP contribution < -0.4 is 5.69 Å². The van der Waals surface area contributed by atoms with Crippen LogP contribution in [0, 0.1) is 6.92 Å². The van der Waals surface area contributed by atoms with Gasteiger partial charge < -0.3 is 9.88 Å². The number of hydrogen-bond donors (Lipinski definition) is 1. The molecular formula is C15H21N3O. The van der Waals surface area contributed by atoms with Gasteiger partial charge in [-0.2, -0.15) is 0 Å². The second-order valence-electron chi connectivity index (χ2n) is 5.46. The van der Waals surface area contributed by atoms with Crippen molar-refractivity contribution in [2.45, 2.75) is 32.7 Å². The van der Waals surface area contributed by atoms with Gasteiger partial charge >= 0.3 is 5.69 Å². The van der Waals surface area contributed by atoms with Gasteiger partial charge in [-0.3, -0.25) is 4.57 Å². The highest BCUT2D eigenvalue weighted by molar-refractivity contribution is 5.78. The van der Waals surface area contributed by atoms with Crippen molar-refractivity contribution < 1.29 is 0 Å². The van der Waals surface area contributed by atoms with Gasteiger partial charge in [0, 0.05) is 6.54 Å². The smallest absolute Gasteiger partial charge is 0.305 e. The van der Waals surface area contributed by atoms with Crippen molar-refractivity contribution in [1.29, 1.82) is 0 Å². The number of hydrogen-bond acceptors (Lipinski definition) is 2. The number of benzene rings is 1. The Balaban J connectivity index is 2.07. The Morgan fingerprint density at radius 3 is 3.05 bits per heavy atom. The van der Waals surface area contributed by atoms with Gasteiger partial charge in [0.2, 0.25) is 0 Å². The number of aromatic nitrogens is 2. The standard InChI is InChI=1S/C15H21N3O/c1-3-17-9-5-7-12(10-17)18-13-8-4-6-11(2)14(13)16-15(18)19/h4,6,8,12H,3,5,7,9-10H2,1-2H3,(H,16,19). The van der Waals surface area contributed by atoms with Crippen LogP contribution in [0.2, 0.25) is 0 Å². The molecular weight excluding hydrogens is 238 g/mol. The van der Waals surface area contributed by atoms with E-state index in [0.717, 1.165) is 42.7 Å². The predicted octanol–water partition coefficient (Wildman–Crippen LogP) is 2.29. The maximum atomic E-state index is 12.3. The topological polar surface area (TPSA) is 41.0 Å². The second-order valence-corrected chi connectivity index (χ2v) is 5.46. The number of H-pyrrole nitrogens is 1. The first kappa shape index (κ1) is 12.5. The summed E-state index contributed by atoms with van der Waals surface area (Å²) in [7, 11) is 0. The summed E-state index contributed by atoms with van der Waals surface area (Å²) >= 11 is 0. The molecule has 102 valence electrons. The first-order valence-corrected chi connectivity index (χ1v) is 7.13. The molecule has 3 rings (SSSR count). The molecule has 2 heterocycles. The molecule has 4 nitrogen and oxygen atoms in total. The van der Waals surface area contributed by atoms with E-state index in [2.05, 4.69) is 16.8 Å². The Labute approximate surface area is 113 Å². The number of likely N-dealkylation sites (N-methyl/N-ethyl adjacent to an activating group) is 1. The first-order valence-electron chi connectivity index (χ1n) is 7.13. The van der Waals surface area contributed by atoms with Crippen molar-refractivity contribution in [3.05, 3.63) is 34.2 Å². The van der Waals surface area contributed by atoms with E-state index in [1.807, 2.05) is 29.7 Å². The SMILES string of the molecule is CCN1CCCC(n2c(=O)[nH]c3c(C)cccc32)C1. The van der Waals surface area contributed by atoms with Crippen LogP contribution >= 0.6 is 0 Å². The fourth-order valence-electron chi connectivity index (χ4n) is 3.18. The number of aromatic amines is 1. The molecule has 1 unspecified atom stereocenters. The molecule has 1 N–H and O–H groups in total. The maximum Gasteiger partial charge on any atom is 0.326 e. The number of piperidine rings is 1. The largest absolute Gasteiger partial charge is 0.326 e. The highest BCUT2D eigenvalue weighted by Gasteiger charge is 2.23. The fraction of sp³-hybridized carbons (Fsp3) is 0.533. The number of nitrogens with zero attached hydrogens (tertiary/aromatic N) is 2. The van der Waals surface area contributed by atoms with Crippen molar-refractivity contribution >= 4 is 11.0 Å². The normalized spacial score (nSPS) is 21.1. The van der Waals surface area contributed by atoms with E-state index >= 15 is 0 Å². The number of rotatable bonds is 2. The van der Waals surface area contributed by atoms with Gasteiger partial charge in [-0.1, -0.05) is 19.1 Å². The van der Waals surface area contributed by atoms with Crippen LogP contribution in [0.4, 0.5) is 0 Å². The lowest BCUT2D eigenvalue weighted by atomic mass is 10.1. The summed E-state index contributed by atoms with van der Waals surface area (Å²) in [4.78, 5) is 17.7. The monoisotopic (exact) mass is 259 g/mol. The van der Waals surface area contributed by atoms with Gasteiger partial charge in [0.25, 0.3) is 0 Å². The van der Waals surface area contributed by atoms with Gasteiger partial charge in [-0.15, -0.1) is 0 Å². The molecule has 1 aromatic carbocycles. The number of aryl methyl sites for hydroxylation is 1. The van der Waals surface area contributed by atoms with Crippen LogP contribution in [0.15, 0.2) is 23.0 Å². The van der Waals surface area contributed by atoms with Gasteiger partial charge in [-0.05, 0) is 44.5 Å². The summed E-state index contributed by atoms with van der Waals surface area (Å²) < 4.78 is 1.96. The Bertz CT molecular complexity index is 640.